The number of likely N-dealkylation sites (tertiary alicyclic amines) is 1. The van der Waals surface area contributed by atoms with Crippen LogP contribution < -0.4 is 5.32 Å². The Bertz CT molecular complexity index is 499. The quantitative estimate of drug-likeness (QED) is 0.793. The molecule has 23 heavy (non-hydrogen) atoms. The van der Waals surface area contributed by atoms with E-state index in [1.165, 1.54) is 44.3 Å². The van der Waals surface area contributed by atoms with Crippen molar-refractivity contribution in [2.75, 3.05) is 36.5 Å². The summed E-state index contributed by atoms with van der Waals surface area (Å²) in [6.07, 6.45) is 5.41. The molecule has 1 N–H and O–H groups in total. The van der Waals surface area contributed by atoms with Crippen molar-refractivity contribution in [1.82, 2.24) is 4.90 Å². The van der Waals surface area contributed by atoms with Crippen LogP contribution in [0.4, 0.5) is 5.69 Å². The van der Waals surface area contributed by atoms with Crippen molar-refractivity contribution in [3.8, 4) is 0 Å². The molecular formula is C19H30N2OS. The van der Waals surface area contributed by atoms with Crippen LogP contribution in [-0.4, -0.2) is 41.9 Å². The lowest BCUT2D eigenvalue weighted by Gasteiger charge is -2.19. The predicted octanol–water partition coefficient (Wildman–Crippen LogP) is 4.16. The summed E-state index contributed by atoms with van der Waals surface area (Å²) in [6.45, 7) is 9.78. The van der Waals surface area contributed by atoms with E-state index >= 15 is 0 Å². The lowest BCUT2D eigenvalue weighted by Crippen LogP contribution is -2.27. The van der Waals surface area contributed by atoms with Gasteiger partial charge in [0.1, 0.15) is 0 Å². The summed E-state index contributed by atoms with van der Waals surface area (Å²) in [5.41, 5.74) is 4.51. The molecule has 1 aliphatic rings. The molecule has 0 radical (unpaired) electrons. The van der Waals surface area contributed by atoms with Crippen LogP contribution in [0.5, 0.6) is 0 Å². The molecule has 0 spiro atoms. The molecule has 1 aliphatic heterocycles. The number of carbonyl (C=O) groups excluding carboxylic acids is 1. The smallest absolute Gasteiger partial charge is 0.234 e. The van der Waals surface area contributed by atoms with Crippen molar-refractivity contribution in [3.63, 3.8) is 0 Å². The number of amides is 1. The summed E-state index contributed by atoms with van der Waals surface area (Å²) in [5, 5.41) is 3.08. The summed E-state index contributed by atoms with van der Waals surface area (Å²) in [5.74, 6) is 1.70. The molecule has 1 amide bonds. The zero-order valence-corrected chi connectivity index (χ0v) is 15.6. The van der Waals surface area contributed by atoms with Gasteiger partial charge >= 0.3 is 0 Å². The van der Waals surface area contributed by atoms with E-state index < -0.39 is 0 Å². The first-order chi connectivity index (χ1) is 11.1. The average Bonchev–Trinajstić information content (AvgIpc) is 2.76. The summed E-state index contributed by atoms with van der Waals surface area (Å²) in [6, 6.07) is 4.24. The fourth-order valence-electron chi connectivity index (χ4n) is 3.27. The Kier molecular flexibility index (Phi) is 7.44. The third-order valence-corrected chi connectivity index (χ3v) is 5.36. The Balaban J connectivity index is 1.71. The molecular weight excluding hydrogens is 304 g/mol. The Labute approximate surface area is 145 Å². The van der Waals surface area contributed by atoms with Crippen LogP contribution in [0.3, 0.4) is 0 Å². The number of nitrogens with one attached hydrogen (secondary N) is 1. The molecule has 1 aromatic rings. The first-order valence-electron chi connectivity index (χ1n) is 8.74. The standard InChI is InChI=1S/C19H30N2OS/c1-15-12-16(2)19(17(3)13-15)20-18(22)14-23-11-10-21-8-6-4-5-7-9-21/h12-13H,4-11,14H2,1-3H3,(H,20,22). The van der Waals surface area contributed by atoms with Gasteiger partial charge in [-0.15, -0.1) is 0 Å². The molecule has 2 rings (SSSR count). The van der Waals surface area contributed by atoms with Gasteiger partial charge < -0.3 is 10.2 Å². The van der Waals surface area contributed by atoms with E-state index in [1.54, 1.807) is 11.8 Å². The second-order valence-corrected chi connectivity index (χ2v) is 7.74. The van der Waals surface area contributed by atoms with Gasteiger partial charge in [0.25, 0.3) is 0 Å². The molecule has 0 bridgehead atoms. The van der Waals surface area contributed by atoms with Gasteiger partial charge in [-0.05, 0) is 57.8 Å². The summed E-state index contributed by atoms with van der Waals surface area (Å²) in [7, 11) is 0. The number of benzene rings is 1. The lowest BCUT2D eigenvalue weighted by atomic mass is 10.1. The molecule has 3 nitrogen and oxygen atoms in total. The van der Waals surface area contributed by atoms with Crippen molar-refractivity contribution in [2.24, 2.45) is 0 Å². The Morgan fingerprint density at radius 2 is 1.70 bits per heavy atom. The van der Waals surface area contributed by atoms with E-state index in [-0.39, 0.29) is 5.91 Å². The fraction of sp³-hybridized carbons (Fsp3) is 0.632. The van der Waals surface area contributed by atoms with E-state index in [4.69, 9.17) is 0 Å². The number of nitrogens with zero attached hydrogens (tertiary/aromatic N) is 1. The van der Waals surface area contributed by atoms with Crippen molar-refractivity contribution in [1.29, 1.82) is 0 Å². The molecule has 0 atom stereocenters. The third kappa shape index (κ3) is 6.19. The van der Waals surface area contributed by atoms with Crippen molar-refractivity contribution in [2.45, 2.75) is 46.5 Å². The van der Waals surface area contributed by atoms with Crippen LogP contribution in [0.1, 0.15) is 42.4 Å². The van der Waals surface area contributed by atoms with E-state index in [0.29, 0.717) is 5.75 Å². The van der Waals surface area contributed by atoms with E-state index in [2.05, 4.69) is 43.1 Å². The largest absolute Gasteiger partial charge is 0.325 e. The first-order valence-corrected chi connectivity index (χ1v) is 9.89. The molecule has 0 unspecified atom stereocenters. The Hall–Kier alpha value is -1.00. The molecule has 0 aliphatic carbocycles. The van der Waals surface area contributed by atoms with Crippen molar-refractivity contribution < 1.29 is 4.79 Å². The third-order valence-electron chi connectivity index (χ3n) is 4.43. The predicted molar refractivity (Wildman–Crippen MR) is 102 cm³/mol. The van der Waals surface area contributed by atoms with Gasteiger partial charge in [-0.25, -0.2) is 0 Å². The first kappa shape index (κ1) is 18.3. The van der Waals surface area contributed by atoms with Gasteiger partial charge in [0.05, 0.1) is 5.75 Å². The number of anilines is 1. The van der Waals surface area contributed by atoms with Crippen LogP contribution in [0.2, 0.25) is 0 Å². The number of rotatable bonds is 6. The minimum absolute atomic E-state index is 0.112. The van der Waals surface area contributed by atoms with Crippen LogP contribution >= 0.6 is 11.8 Å². The molecule has 1 heterocycles. The number of carbonyl (C=O) groups is 1. The maximum Gasteiger partial charge on any atom is 0.234 e. The summed E-state index contributed by atoms with van der Waals surface area (Å²) in [4.78, 5) is 14.7. The van der Waals surface area contributed by atoms with Crippen molar-refractivity contribution in [3.05, 3.63) is 28.8 Å². The van der Waals surface area contributed by atoms with E-state index in [9.17, 15) is 4.79 Å². The highest BCUT2D eigenvalue weighted by Crippen LogP contribution is 2.22. The summed E-state index contributed by atoms with van der Waals surface area (Å²) >= 11 is 1.74. The minimum Gasteiger partial charge on any atom is -0.325 e. The van der Waals surface area contributed by atoms with Crippen LogP contribution in [0.15, 0.2) is 12.1 Å². The van der Waals surface area contributed by atoms with Gasteiger partial charge in [-0.1, -0.05) is 30.5 Å². The van der Waals surface area contributed by atoms with Crippen LogP contribution in [0.25, 0.3) is 0 Å². The number of thioether (sulfide) groups is 1. The molecule has 1 aromatic carbocycles. The highest BCUT2D eigenvalue weighted by molar-refractivity contribution is 7.99. The Morgan fingerprint density at radius 3 is 2.30 bits per heavy atom. The number of hydrogen-bond donors (Lipinski definition) is 1. The van der Waals surface area contributed by atoms with Gasteiger partial charge in [0.2, 0.25) is 5.91 Å². The van der Waals surface area contributed by atoms with Crippen molar-refractivity contribution >= 4 is 23.4 Å². The number of hydrogen-bond acceptors (Lipinski definition) is 3. The van der Waals surface area contributed by atoms with Gasteiger partial charge in [-0.3, -0.25) is 4.79 Å². The fourth-order valence-corrected chi connectivity index (χ4v) is 4.06. The topological polar surface area (TPSA) is 32.3 Å². The molecule has 0 saturated carbocycles. The zero-order chi connectivity index (χ0) is 16.7. The second-order valence-electron chi connectivity index (χ2n) is 6.63. The Morgan fingerprint density at radius 1 is 1.09 bits per heavy atom. The second kappa shape index (κ2) is 9.33. The van der Waals surface area contributed by atoms with Gasteiger partial charge in [0, 0.05) is 18.0 Å². The van der Waals surface area contributed by atoms with E-state index in [1.807, 2.05) is 0 Å². The maximum absolute atomic E-state index is 12.2. The molecule has 1 saturated heterocycles. The van der Waals surface area contributed by atoms with Crippen LogP contribution in [-0.2, 0) is 4.79 Å². The molecule has 1 fully saturated rings. The lowest BCUT2D eigenvalue weighted by molar-refractivity contribution is -0.113. The molecule has 0 aromatic heterocycles. The SMILES string of the molecule is Cc1cc(C)c(NC(=O)CSCCN2CCCCCC2)c(C)c1. The van der Waals surface area contributed by atoms with Gasteiger partial charge in [-0.2, -0.15) is 11.8 Å². The van der Waals surface area contributed by atoms with Gasteiger partial charge in [0.15, 0.2) is 0 Å². The number of aryl methyl sites for hydroxylation is 3. The average molecular weight is 335 g/mol. The highest BCUT2D eigenvalue weighted by Gasteiger charge is 2.10. The zero-order valence-electron chi connectivity index (χ0n) is 14.8. The summed E-state index contributed by atoms with van der Waals surface area (Å²) < 4.78 is 0. The molecule has 128 valence electrons. The van der Waals surface area contributed by atoms with E-state index in [0.717, 1.165) is 29.1 Å². The highest BCUT2D eigenvalue weighted by atomic mass is 32.2. The normalized spacial score (nSPS) is 16.1. The maximum atomic E-state index is 12.2. The monoisotopic (exact) mass is 334 g/mol. The van der Waals surface area contributed by atoms with Crippen LogP contribution in [0, 0.1) is 20.8 Å². The minimum atomic E-state index is 0.112. The molecule has 4 heteroatoms.